The van der Waals surface area contributed by atoms with Crippen LogP contribution in [0, 0.1) is 0 Å². The lowest BCUT2D eigenvalue weighted by molar-refractivity contribution is -0.130. The van der Waals surface area contributed by atoms with Crippen LogP contribution in [0.1, 0.15) is 29.9 Å². The first-order valence-corrected chi connectivity index (χ1v) is 8.64. The highest BCUT2D eigenvalue weighted by molar-refractivity contribution is 6.30. The van der Waals surface area contributed by atoms with Gasteiger partial charge in [0.05, 0.1) is 0 Å². The smallest absolute Gasteiger partial charge is 0.223 e. The molecule has 0 fully saturated rings. The van der Waals surface area contributed by atoms with Crippen molar-refractivity contribution in [1.82, 2.24) is 10.2 Å². The molecule has 0 spiro atoms. The Morgan fingerprint density at radius 3 is 2.40 bits per heavy atom. The maximum Gasteiger partial charge on any atom is 0.223 e. The third-order valence-electron chi connectivity index (χ3n) is 4.21. The summed E-state index contributed by atoms with van der Waals surface area (Å²) in [5, 5.41) is 3.22. The molecule has 2 rings (SSSR count). The summed E-state index contributed by atoms with van der Waals surface area (Å²) in [7, 11) is 3.32. The maximum atomic E-state index is 12.6. The number of carbonyl (C=O) groups is 2. The molecule has 0 radical (unpaired) electrons. The minimum Gasteiger partial charge on any atom is -0.359 e. The Labute approximate surface area is 153 Å². The van der Waals surface area contributed by atoms with Gasteiger partial charge in [0.25, 0.3) is 0 Å². The van der Waals surface area contributed by atoms with Gasteiger partial charge in [-0.05, 0) is 23.3 Å². The molecule has 2 amide bonds. The van der Waals surface area contributed by atoms with Crippen molar-refractivity contribution in [3.05, 3.63) is 70.7 Å². The molecule has 25 heavy (non-hydrogen) atoms. The van der Waals surface area contributed by atoms with E-state index in [1.807, 2.05) is 54.6 Å². The Hall–Kier alpha value is -2.33. The van der Waals surface area contributed by atoms with Crippen molar-refractivity contribution >= 4 is 23.4 Å². The molecule has 1 atom stereocenters. The Kier molecular flexibility index (Phi) is 7.02. The SMILES string of the molecule is CNC(=O)CCN(C)C(=O)C[C@@H](c1ccccc1)c1cccc(Cl)c1. The zero-order chi connectivity index (χ0) is 18.2. The first-order valence-electron chi connectivity index (χ1n) is 8.26. The summed E-state index contributed by atoms with van der Waals surface area (Å²) in [4.78, 5) is 25.6. The molecule has 0 saturated heterocycles. The van der Waals surface area contributed by atoms with Crippen LogP contribution in [-0.4, -0.2) is 37.4 Å². The topological polar surface area (TPSA) is 49.4 Å². The van der Waals surface area contributed by atoms with Crippen LogP contribution in [0.4, 0.5) is 0 Å². The highest BCUT2D eigenvalue weighted by Crippen LogP contribution is 2.30. The van der Waals surface area contributed by atoms with E-state index < -0.39 is 0 Å². The second-order valence-electron chi connectivity index (χ2n) is 5.96. The summed E-state index contributed by atoms with van der Waals surface area (Å²) in [5.74, 6) is -0.151. The summed E-state index contributed by atoms with van der Waals surface area (Å²) < 4.78 is 0. The van der Waals surface area contributed by atoms with Gasteiger partial charge in [0.15, 0.2) is 0 Å². The second kappa shape index (κ2) is 9.23. The number of halogens is 1. The number of rotatable bonds is 7. The van der Waals surface area contributed by atoms with Crippen LogP contribution in [0.25, 0.3) is 0 Å². The van der Waals surface area contributed by atoms with Crippen LogP contribution in [0.15, 0.2) is 54.6 Å². The van der Waals surface area contributed by atoms with E-state index >= 15 is 0 Å². The minimum absolute atomic E-state index is 0.00210. The molecule has 4 nitrogen and oxygen atoms in total. The van der Waals surface area contributed by atoms with Gasteiger partial charge in [-0.3, -0.25) is 9.59 Å². The normalized spacial score (nSPS) is 11.6. The highest BCUT2D eigenvalue weighted by atomic mass is 35.5. The van der Waals surface area contributed by atoms with Crippen molar-refractivity contribution < 1.29 is 9.59 Å². The van der Waals surface area contributed by atoms with Crippen molar-refractivity contribution in [1.29, 1.82) is 0 Å². The summed E-state index contributed by atoms with van der Waals surface area (Å²) in [5.41, 5.74) is 2.07. The summed E-state index contributed by atoms with van der Waals surface area (Å²) >= 11 is 6.14. The molecule has 0 heterocycles. The highest BCUT2D eigenvalue weighted by Gasteiger charge is 2.21. The van der Waals surface area contributed by atoms with Crippen molar-refractivity contribution in [2.75, 3.05) is 20.6 Å². The molecule has 0 saturated carbocycles. The van der Waals surface area contributed by atoms with Gasteiger partial charge in [-0.1, -0.05) is 54.1 Å². The van der Waals surface area contributed by atoms with Gasteiger partial charge < -0.3 is 10.2 Å². The molecule has 0 unspecified atom stereocenters. The molecule has 1 N–H and O–H groups in total. The standard InChI is InChI=1S/C20H23ClN2O2/c1-22-19(24)11-12-23(2)20(25)14-18(15-7-4-3-5-8-15)16-9-6-10-17(21)13-16/h3-10,13,18H,11-12,14H2,1-2H3,(H,22,24)/t18-/m0/s1. The molecular weight excluding hydrogens is 336 g/mol. The summed E-state index contributed by atoms with van der Waals surface area (Å²) in [6, 6.07) is 17.5. The number of benzene rings is 2. The number of nitrogens with zero attached hydrogens (tertiary/aromatic N) is 1. The quantitative estimate of drug-likeness (QED) is 0.824. The first-order chi connectivity index (χ1) is 12.0. The minimum atomic E-state index is -0.0749. The lowest BCUT2D eigenvalue weighted by Crippen LogP contribution is -2.32. The van der Waals surface area contributed by atoms with E-state index in [9.17, 15) is 9.59 Å². The van der Waals surface area contributed by atoms with Gasteiger partial charge in [-0.15, -0.1) is 0 Å². The number of amides is 2. The fraction of sp³-hybridized carbons (Fsp3) is 0.300. The second-order valence-corrected chi connectivity index (χ2v) is 6.40. The molecule has 2 aromatic carbocycles. The van der Waals surface area contributed by atoms with Gasteiger partial charge >= 0.3 is 0 Å². The van der Waals surface area contributed by atoms with Crippen LogP contribution in [-0.2, 0) is 9.59 Å². The lowest BCUT2D eigenvalue weighted by atomic mass is 9.88. The van der Waals surface area contributed by atoms with Gasteiger partial charge in [-0.2, -0.15) is 0 Å². The number of carbonyl (C=O) groups excluding carboxylic acids is 2. The van der Waals surface area contributed by atoms with Gasteiger partial charge in [0.1, 0.15) is 0 Å². The van der Waals surface area contributed by atoms with E-state index in [2.05, 4.69) is 5.32 Å². The maximum absolute atomic E-state index is 12.6. The van der Waals surface area contributed by atoms with E-state index in [1.54, 1.807) is 19.0 Å². The molecule has 0 aliphatic carbocycles. The lowest BCUT2D eigenvalue weighted by Gasteiger charge is -2.22. The third-order valence-corrected chi connectivity index (χ3v) is 4.45. The fourth-order valence-corrected chi connectivity index (χ4v) is 2.88. The van der Waals surface area contributed by atoms with Gasteiger partial charge in [0, 0.05) is 44.4 Å². The Morgan fingerprint density at radius 2 is 1.76 bits per heavy atom. The van der Waals surface area contributed by atoms with Gasteiger partial charge in [-0.25, -0.2) is 0 Å². The molecule has 0 aliphatic heterocycles. The fourth-order valence-electron chi connectivity index (χ4n) is 2.69. The summed E-state index contributed by atoms with van der Waals surface area (Å²) in [6.07, 6.45) is 0.626. The largest absolute Gasteiger partial charge is 0.359 e. The number of hydrogen-bond donors (Lipinski definition) is 1. The molecule has 132 valence electrons. The van der Waals surface area contributed by atoms with E-state index in [-0.39, 0.29) is 17.7 Å². The van der Waals surface area contributed by atoms with E-state index in [4.69, 9.17) is 11.6 Å². The number of nitrogens with one attached hydrogen (secondary N) is 1. The van der Waals surface area contributed by atoms with E-state index in [1.165, 1.54) is 0 Å². The van der Waals surface area contributed by atoms with E-state index in [0.717, 1.165) is 11.1 Å². The predicted molar refractivity (Wildman–Crippen MR) is 101 cm³/mol. The van der Waals surface area contributed by atoms with Crippen molar-refractivity contribution in [3.8, 4) is 0 Å². The molecular formula is C20H23ClN2O2. The number of hydrogen-bond acceptors (Lipinski definition) is 2. The zero-order valence-corrected chi connectivity index (χ0v) is 15.3. The third kappa shape index (κ3) is 5.61. The van der Waals surface area contributed by atoms with Crippen molar-refractivity contribution in [2.45, 2.75) is 18.8 Å². The van der Waals surface area contributed by atoms with E-state index in [0.29, 0.717) is 24.4 Å². The molecule has 0 aliphatic rings. The summed E-state index contributed by atoms with van der Waals surface area (Å²) in [6.45, 7) is 0.398. The first kappa shape index (κ1) is 19.0. The average molecular weight is 359 g/mol. The van der Waals surface area contributed by atoms with Crippen LogP contribution < -0.4 is 5.32 Å². The van der Waals surface area contributed by atoms with Crippen molar-refractivity contribution in [2.24, 2.45) is 0 Å². The molecule has 2 aromatic rings. The van der Waals surface area contributed by atoms with Crippen LogP contribution >= 0.6 is 11.6 Å². The van der Waals surface area contributed by atoms with Crippen LogP contribution in [0.2, 0.25) is 5.02 Å². The average Bonchev–Trinajstić information content (AvgIpc) is 2.64. The zero-order valence-electron chi connectivity index (χ0n) is 14.5. The van der Waals surface area contributed by atoms with Crippen molar-refractivity contribution in [3.63, 3.8) is 0 Å². The monoisotopic (exact) mass is 358 g/mol. The Morgan fingerprint density at radius 1 is 1.08 bits per heavy atom. The molecule has 5 heteroatoms. The molecule has 0 bridgehead atoms. The van der Waals surface area contributed by atoms with Crippen LogP contribution in [0.3, 0.4) is 0 Å². The Bertz CT molecular complexity index is 719. The predicted octanol–water partition coefficient (Wildman–Crippen LogP) is 3.46. The molecule has 0 aromatic heterocycles. The van der Waals surface area contributed by atoms with Gasteiger partial charge in [0.2, 0.25) is 11.8 Å². The van der Waals surface area contributed by atoms with Crippen LogP contribution in [0.5, 0.6) is 0 Å². The Balaban J connectivity index is 2.16.